The van der Waals surface area contributed by atoms with E-state index in [0.717, 1.165) is 44.8 Å². The molecule has 0 bridgehead atoms. The highest BCUT2D eigenvalue weighted by Crippen LogP contribution is 2.14. The van der Waals surface area contributed by atoms with Crippen molar-refractivity contribution in [3.63, 3.8) is 0 Å². The number of carboxylic acids is 1. The summed E-state index contributed by atoms with van der Waals surface area (Å²) >= 11 is 0. The lowest BCUT2D eigenvalue weighted by atomic mass is 10.2. The molecular formula is C25H33N5O3. The van der Waals surface area contributed by atoms with Gasteiger partial charge in [-0.25, -0.2) is 9.79 Å². The van der Waals surface area contributed by atoms with Crippen LogP contribution >= 0.6 is 0 Å². The number of nitrogens with zero attached hydrogens (tertiary/aromatic N) is 4. The smallest absolute Gasteiger partial charge is 0.335 e. The van der Waals surface area contributed by atoms with Gasteiger partial charge in [0.2, 0.25) is 5.91 Å². The third-order valence-electron chi connectivity index (χ3n) is 5.77. The molecule has 8 heteroatoms. The van der Waals surface area contributed by atoms with E-state index >= 15 is 0 Å². The summed E-state index contributed by atoms with van der Waals surface area (Å²) in [5.41, 5.74) is 2.00. The summed E-state index contributed by atoms with van der Waals surface area (Å²) in [7, 11) is 0. The van der Waals surface area contributed by atoms with Crippen molar-refractivity contribution in [3.05, 3.63) is 65.7 Å². The van der Waals surface area contributed by atoms with Crippen molar-refractivity contribution in [2.24, 2.45) is 4.99 Å². The molecule has 1 amide bonds. The standard InChI is InChI=1S/C25H33N5O3/c1-3-29(4-2)23(31)19-28-13-15-30(16-14-28)25(26-18-20-9-6-5-7-10-20)27-22-12-8-11-21(17-22)24(32)33/h5-12,17H,3-4,13-16,18-19H2,1-2H3,(H,26,27)(H,32,33). The van der Waals surface area contributed by atoms with Crippen LogP contribution < -0.4 is 5.32 Å². The van der Waals surface area contributed by atoms with Gasteiger partial charge in [-0.15, -0.1) is 0 Å². The van der Waals surface area contributed by atoms with Crippen LogP contribution in [0.2, 0.25) is 0 Å². The van der Waals surface area contributed by atoms with Crippen molar-refractivity contribution in [3.8, 4) is 0 Å². The number of aliphatic imine (C=N–C) groups is 1. The molecule has 8 nitrogen and oxygen atoms in total. The average molecular weight is 452 g/mol. The lowest BCUT2D eigenvalue weighted by molar-refractivity contribution is -0.132. The van der Waals surface area contributed by atoms with E-state index in [1.54, 1.807) is 18.2 Å². The quantitative estimate of drug-likeness (QED) is 0.474. The van der Waals surface area contributed by atoms with Crippen LogP contribution in [0.15, 0.2) is 59.6 Å². The van der Waals surface area contributed by atoms with Gasteiger partial charge in [-0.1, -0.05) is 36.4 Å². The molecule has 176 valence electrons. The number of aromatic carboxylic acids is 1. The maximum atomic E-state index is 12.5. The molecule has 2 aromatic carbocycles. The van der Waals surface area contributed by atoms with E-state index in [1.807, 2.05) is 55.1 Å². The minimum atomic E-state index is -0.965. The Morgan fingerprint density at radius 3 is 2.33 bits per heavy atom. The van der Waals surface area contributed by atoms with Crippen LogP contribution in [0.3, 0.4) is 0 Å². The van der Waals surface area contributed by atoms with Crippen LogP contribution in [-0.2, 0) is 11.3 Å². The summed E-state index contributed by atoms with van der Waals surface area (Å²) in [6, 6.07) is 16.7. The van der Waals surface area contributed by atoms with Crippen molar-refractivity contribution in [1.82, 2.24) is 14.7 Å². The lowest BCUT2D eigenvalue weighted by Gasteiger charge is -2.37. The molecule has 0 saturated carbocycles. The number of carbonyl (C=O) groups is 2. The van der Waals surface area contributed by atoms with E-state index in [4.69, 9.17) is 4.99 Å². The Morgan fingerprint density at radius 2 is 1.70 bits per heavy atom. The van der Waals surface area contributed by atoms with Crippen LogP contribution in [0.1, 0.15) is 29.8 Å². The minimum Gasteiger partial charge on any atom is -0.478 e. The third kappa shape index (κ3) is 7.05. The number of benzene rings is 2. The summed E-state index contributed by atoms with van der Waals surface area (Å²) in [4.78, 5) is 34.8. The van der Waals surface area contributed by atoms with Gasteiger partial charge >= 0.3 is 5.97 Å². The van der Waals surface area contributed by atoms with Gasteiger partial charge in [0, 0.05) is 45.0 Å². The van der Waals surface area contributed by atoms with Crippen molar-refractivity contribution in [2.45, 2.75) is 20.4 Å². The Kier molecular flexibility index (Phi) is 8.83. The van der Waals surface area contributed by atoms with Gasteiger partial charge in [0.15, 0.2) is 5.96 Å². The van der Waals surface area contributed by atoms with Gasteiger partial charge in [-0.3, -0.25) is 9.69 Å². The Morgan fingerprint density at radius 1 is 1.00 bits per heavy atom. The molecule has 0 radical (unpaired) electrons. The fraction of sp³-hybridized carbons (Fsp3) is 0.400. The number of carbonyl (C=O) groups excluding carboxylic acids is 1. The zero-order valence-electron chi connectivity index (χ0n) is 19.4. The van der Waals surface area contributed by atoms with Gasteiger partial charge < -0.3 is 20.2 Å². The first-order valence-corrected chi connectivity index (χ1v) is 11.4. The first-order valence-electron chi connectivity index (χ1n) is 11.4. The summed E-state index contributed by atoms with van der Waals surface area (Å²) in [5, 5.41) is 12.6. The molecule has 0 aromatic heterocycles. The second-order valence-corrected chi connectivity index (χ2v) is 7.97. The van der Waals surface area contributed by atoms with E-state index in [0.29, 0.717) is 24.7 Å². The Balaban J connectivity index is 1.70. The highest BCUT2D eigenvalue weighted by Gasteiger charge is 2.23. The summed E-state index contributed by atoms with van der Waals surface area (Å²) in [6.07, 6.45) is 0. The zero-order valence-corrected chi connectivity index (χ0v) is 19.4. The molecule has 3 rings (SSSR count). The van der Waals surface area contributed by atoms with Crippen LogP contribution in [0, 0.1) is 0 Å². The Labute approximate surface area is 195 Å². The fourth-order valence-electron chi connectivity index (χ4n) is 3.81. The lowest BCUT2D eigenvalue weighted by Crippen LogP contribution is -2.53. The van der Waals surface area contributed by atoms with Crippen molar-refractivity contribution < 1.29 is 14.7 Å². The minimum absolute atomic E-state index is 0.162. The second-order valence-electron chi connectivity index (χ2n) is 7.97. The number of anilines is 1. The highest BCUT2D eigenvalue weighted by atomic mass is 16.4. The van der Waals surface area contributed by atoms with Crippen molar-refractivity contribution >= 4 is 23.5 Å². The molecular weight excluding hydrogens is 418 g/mol. The summed E-state index contributed by atoms with van der Waals surface area (Å²) in [6.45, 7) is 9.37. The normalized spacial score (nSPS) is 14.7. The number of rotatable bonds is 8. The topological polar surface area (TPSA) is 88.5 Å². The van der Waals surface area contributed by atoms with Crippen LogP contribution in [0.5, 0.6) is 0 Å². The number of carboxylic acid groups (broad SMARTS) is 1. The SMILES string of the molecule is CCN(CC)C(=O)CN1CCN(C(=NCc2ccccc2)Nc2cccc(C(=O)O)c2)CC1. The number of amides is 1. The Hall–Kier alpha value is -3.39. The Bertz CT molecular complexity index is 952. The fourth-order valence-corrected chi connectivity index (χ4v) is 3.81. The molecule has 1 heterocycles. The largest absolute Gasteiger partial charge is 0.478 e. The maximum absolute atomic E-state index is 12.5. The van der Waals surface area contributed by atoms with Crippen molar-refractivity contribution in [2.75, 3.05) is 51.1 Å². The molecule has 1 fully saturated rings. The number of hydrogen-bond donors (Lipinski definition) is 2. The summed E-state index contributed by atoms with van der Waals surface area (Å²) in [5.74, 6) is -0.0981. The number of likely N-dealkylation sites (N-methyl/N-ethyl adjacent to an activating group) is 1. The first-order chi connectivity index (χ1) is 16.0. The monoisotopic (exact) mass is 451 g/mol. The molecule has 1 aliphatic rings. The first kappa shape index (κ1) is 24.3. The van der Waals surface area contributed by atoms with E-state index < -0.39 is 5.97 Å². The third-order valence-corrected chi connectivity index (χ3v) is 5.77. The molecule has 1 saturated heterocycles. The van der Waals surface area contributed by atoms with Crippen LogP contribution in [0.25, 0.3) is 0 Å². The predicted molar refractivity (Wildman–Crippen MR) is 131 cm³/mol. The van der Waals surface area contributed by atoms with Crippen LogP contribution in [0.4, 0.5) is 5.69 Å². The maximum Gasteiger partial charge on any atom is 0.335 e. The van der Waals surface area contributed by atoms with Gasteiger partial charge in [0.1, 0.15) is 0 Å². The number of hydrogen-bond acceptors (Lipinski definition) is 4. The molecule has 0 spiro atoms. The highest BCUT2D eigenvalue weighted by molar-refractivity contribution is 5.95. The van der Waals surface area contributed by atoms with Gasteiger partial charge in [-0.2, -0.15) is 0 Å². The molecule has 0 atom stereocenters. The average Bonchev–Trinajstić information content (AvgIpc) is 2.84. The van der Waals surface area contributed by atoms with Crippen LogP contribution in [-0.4, -0.2) is 83.5 Å². The number of nitrogens with one attached hydrogen (secondary N) is 1. The van der Waals surface area contributed by atoms with E-state index in [2.05, 4.69) is 15.1 Å². The molecule has 0 aliphatic carbocycles. The number of piperazine rings is 1. The molecule has 0 unspecified atom stereocenters. The van der Waals surface area contributed by atoms with E-state index in [1.165, 1.54) is 0 Å². The van der Waals surface area contributed by atoms with Gasteiger partial charge in [-0.05, 0) is 37.6 Å². The molecule has 2 N–H and O–H groups in total. The molecule has 33 heavy (non-hydrogen) atoms. The predicted octanol–water partition coefficient (Wildman–Crippen LogP) is 2.84. The van der Waals surface area contributed by atoms with Crippen molar-refractivity contribution in [1.29, 1.82) is 0 Å². The second kappa shape index (κ2) is 12.0. The van der Waals surface area contributed by atoms with Gasteiger partial charge in [0.05, 0.1) is 18.7 Å². The summed E-state index contributed by atoms with van der Waals surface area (Å²) < 4.78 is 0. The number of guanidine groups is 1. The zero-order chi connectivity index (χ0) is 23.6. The van der Waals surface area contributed by atoms with Gasteiger partial charge in [0.25, 0.3) is 0 Å². The molecule has 2 aromatic rings. The van der Waals surface area contributed by atoms with E-state index in [9.17, 15) is 14.7 Å². The molecule has 1 aliphatic heterocycles. The van der Waals surface area contributed by atoms with E-state index in [-0.39, 0.29) is 11.5 Å².